The van der Waals surface area contributed by atoms with Crippen LogP contribution in [-0.2, 0) is 0 Å². The molecule has 118 valence electrons. The molecule has 1 aliphatic carbocycles. The zero-order valence-corrected chi connectivity index (χ0v) is 14.2. The van der Waals surface area contributed by atoms with E-state index in [2.05, 4.69) is 36.4 Å². The van der Waals surface area contributed by atoms with Gasteiger partial charge in [0.15, 0.2) is 0 Å². The highest BCUT2D eigenvalue weighted by atomic mass is 35.5. The maximum absolute atomic E-state index is 11.8. The molecule has 1 aliphatic rings. The summed E-state index contributed by atoms with van der Waals surface area (Å²) in [5, 5.41) is 12.6. The van der Waals surface area contributed by atoms with Crippen LogP contribution in [0.1, 0.15) is 28.7 Å². The van der Waals surface area contributed by atoms with E-state index in [0.29, 0.717) is 6.54 Å². The van der Waals surface area contributed by atoms with Crippen LogP contribution in [0.2, 0.25) is 5.02 Å². The molecule has 2 nitrogen and oxygen atoms in total. The van der Waals surface area contributed by atoms with Crippen molar-refractivity contribution in [3.63, 3.8) is 0 Å². The Kier molecular flexibility index (Phi) is 4.40. The molecule has 0 atom stereocenters. The van der Waals surface area contributed by atoms with E-state index in [9.17, 15) is 5.21 Å². The second-order valence-corrected chi connectivity index (χ2v) is 6.73. The lowest BCUT2D eigenvalue weighted by molar-refractivity contribution is -0.839. The lowest BCUT2D eigenvalue weighted by Crippen LogP contribution is -2.32. The van der Waals surface area contributed by atoms with Gasteiger partial charge in [-0.3, -0.25) is 0 Å². The third-order valence-corrected chi connectivity index (χ3v) is 4.37. The molecule has 0 heterocycles. The number of fused-ring (bicyclic) bond motifs is 2. The van der Waals surface area contributed by atoms with Gasteiger partial charge in [-0.05, 0) is 28.3 Å². The molecule has 0 spiro atoms. The monoisotopic (exact) mass is 325 g/mol. The molecule has 2 aromatic carbocycles. The molecule has 0 N–H and O–H groups in total. The summed E-state index contributed by atoms with van der Waals surface area (Å²) >= 11 is 6.40. The Morgan fingerprint density at radius 1 is 1.00 bits per heavy atom. The average molecular weight is 326 g/mol. The van der Waals surface area contributed by atoms with Gasteiger partial charge in [-0.25, -0.2) is 0 Å². The van der Waals surface area contributed by atoms with E-state index >= 15 is 0 Å². The van der Waals surface area contributed by atoms with Crippen molar-refractivity contribution in [2.45, 2.75) is 6.42 Å². The van der Waals surface area contributed by atoms with Gasteiger partial charge >= 0.3 is 0 Å². The van der Waals surface area contributed by atoms with E-state index in [4.69, 9.17) is 11.6 Å². The number of nitrogens with zero attached hydrogens (tertiary/aromatic N) is 1. The first-order valence-electron chi connectivity index (χ1n) is 7.76. The van der Waals surface area contributed by atoms with E-state index in [1.165, 1.54) is 11.1 Å². The lowest BCUT2D eigenvalue weighted by atomic mass is 9.92. The molecule has 0 radical (unpaired) electrons. The second-order valence-electron chi connectivity index (χ2n) is 6.33. The first-order chi connectivity index (χ1) is 11.0. The number of hydrogen-bond donors (Lipinski definition) is 0. The van der Waals surface area contributed by atoms with Crippen LogP contribution in [0.15, 0.2) is 48.5 Å². The molecule has 0 unspecified atom stereocenters. The van der Waals surface area contributed by atoms with Crippen molar-refractivity contribution in [2.75, 3.05) is 20.6 Å². The van der Waals surface area contributed by atoms with Crippen molar-refractivity contribution >= 4 is 29.3 Å². The van der Waals surface area contributed by atoms with Crippen molar-refractivity contribution in [1.82, 2.24) is 0 Å². The van der Waals surface area contributed by atoms with Crippen LogP contribution in [-0.4, -0.2) is 25.3 Å². The van der Waals surface area contributed by atoms with E-state index in [1.807, 2.05) is 24.3 Å². The minimum absolute atomic E-state index is 0.286. The van der Waals surface area contributed by atoms with Gasteiger partial charge in [-0.1, -0.05) is 66.2 Å². The zero-order valence-electron chi connectivity index (χ0n) is 13.4. The molecule has 0 saturated carbocycles. The first-order valence-corrected chi connectivity index (χ1v) is 8.14. The second kappa shape index (κ2) is 6.32. The number of halogens is 1. The van der Waals surface area contributed by atoms with Gasteiger partial charge in [0, 0.05) is 17.0 Å². The fraction of sp³-hybridized carbons (Fsp3) is 0.200. The van der Waals surface area contributed by atoms with E-state index in [0.717, 1.165) is 28.1 Å². The SMILES string of the molecule is C[N+](C)([O-])CC/C=C1/c2ccccc2C=Cc2c(Cl)cccc21. The smallest absolute Gasteiger partial charge is 0.0815 e. The van der Waals surface area contributed by atoms with Crippen LogP contribution in [0.5, 0.6) is 0 Å². The number of quaternary nitrogens is 1. The first kappa shape index (κ1) is 16.0. The van der Waals surface area contributed by atoms with Crippen LogP contribution in [0.3, 0.4) is 0 Å². The Hall–Kier alpha value is -1.87. The summed E-state index contributed by atoms with van der Waals surface area (Å²) in [6.07, 6.45) is 7.07. The third-order valence-electron chi connectivity index (χ3n) is 4.04. The molecule has 3 heteroatoms. The van der Waals surface area contributed by atoms with Crippen molar-refractivity contribution in [2.24, 2.45) is 0 Å². The van der Waals surface area contributed by atoms with Gasteiger partial charge in [0.25, 0.3) is 0 Å². The Bertz CT molecular complexity index is 784. The molecule has 0 fully saturated rings. The summed E-state index contributed by atoms with van der Waals surface area (Å²) in [6.45, 7) is 0.551. The van der Waals surface area contributed by atoms with Gasteiger partial charge < -0.3 is 9.85 Å². The Balaban J connectivity index is 2.12. The van der Waals surface area contributed by atoms with Crippen LogP contribution in [0.25, 0.3) is 17.7 Å². The average Bonchev–Trinajstić information content (AvgIpc) is 2.65. The Morgan fingerprint density at radius 3 is 2.52 bits per heavy atom. The molecule has 0 amide bonds. The molecule has 0 aliphatic heterocycles. The molecular formula is C20H20ClNO. The van der Waals surface area contributed by atoms with Crippen molar-refractivity contribution in [3.05, 3.63) is 81.0 Å². The predicted octanol–water partition coefficient (Wildman–Crippen LogP) is 5.22. The van der Waals surface area contributed by atoms with Crippen molar-refractivity contribution in [1.29, 1.82) is 0 Å². The van der Waals surface area contributed by atoms with Crippen LogP contribution < -0.4 is 0 Å². The molecule has 0 bridgehead atoms. The van der Waals surface area contributed by atoms with Crippen molar-refractivity contribution < 1.29 is 4.65 Å². The zero-order chi connectivity index (χ0) is 16.4. The number of rotatable bonds is 3. The number of benzene rings is 2. The summed E-state index contributed by atoms with van der Waals surface area (Å²) in [5.41, 5.74) is 5.65. The summed E-state index contributed by atoms with van der Waals surface area (Å²) in [7, 11) is 3.35. The summed E-state index contributed by atoms with van der Waals surface area (Å²) < 4.78 is -0.286. The quantitative estimate of drug-likeness (QED) is 0.478. The van der Waals surface area contributed by atoms with Gasteiger partial charge in [-0.15, -0.1) is 0 Å². The van der Waals surface area contributed by atoms with Gasteiger partial charge in [0.2, 0.25) is 0 Å². The predicted molar refractivity (Wildman–Crippen MR) is 98.9 cm³/mol. The Morgan fingerprint density at radius 2 is 1.74 bits per heavy atom. The maximum Gasteiger partial charge on any atom is 0.0815 e. The standard InChI is InChI=1S/C20H20ClNO/c1-22(2,23)14-6-10-17-16-8-4-3-7-15(16)12-13-19-18(17)9-5-11-20(19)21/h3-5,7-13H,6,14H2,1-2H3/b17-10-. The van der Waals surface area contributed by atoms with E-state index in [-0.39, 0.29) is 4.65 Å². The molecule has 3 rings (SSSR count). The highest BCUT2D eigenvalue weighted by molar-refractivity contribution is 6.32. The number of hydrogen-bond acceptors (Lipinski definition) is 1. The van der Waals surface area contributed by atoms with Gasteiger partial charge in [0.1, 0.15) is 0 Å². The van der Waals surface area contributed by atoms with E-state index in [1.54, 1.807) is 14.1 Å². The normalized spacial score (nSPS) is 15.2. The molecule has 23 heavy (non-hydrogen) atoms. The minimum atomic E-state index is -0.286. The fourth-order valence-corrected chi connectivity index (χ4v) is 3.12. The lowest BCUT2D eigenvalue weighted by Gasteiger charge is -2.33. The molecular weight excluding hydrogens is 306 g/mol. The van der Waals surface area contributed by atoms with E-state index < -0.39 is 0 Å². The van der Waals surface area contributed by atoms with Crippen LogP contribution >= 0.6 is 11.6 Å². The summed E-state index contributed by atoms with van der Waals surface area (Å²) in [4.78, 5) is 0. The van der Waals surface area contributed by atoms with Gasteiger partial charge in [0.05, 0.1) is 20.6 Å². The minimum Gasteiger partial charge on any atom is -0.633 e. The van der Waals surface area contributed by atoms with Gasteiger partial charge in [-0.2, -0.15) is 0 Å². The Labute approximate surface area is 142 Å². The summed E-state index contributed by atoms with van der Waals surface area (Å²) in [5.74, 6) is 0. The maximum atomic E-state index is 11.8. The largest absolute Gasteiger partial charge is 0.633 e. The molecule has 0 saturated heterocycles. The van der Waals surface area contributed by atoms with Crippen LogP contribution in [0, 0.1) is 5.21 Å². The molecule has 0 aromatic heterocycles. The highest BCUT2D eigenvalue weighted by Gasteiger charge is 2.16. The topological polar surface area (TPSA) is 23.1 Å². The third kappa shape index (κ3) is 3.56. The molecule has 2 aromatic rings. The van der Waals surface area contributed by atoms with Crippen LogP contribution in [0.4, 0.5) is 0 Å². The number of hydroxylamine groups is 3. The highest BCUT2D eigenvalue weighted by Crippen LogP contribution is 2.36. The fourth-order valence-electron chi connectivity index (χ4n) is 2.89. The summed E-state index contributed by atoms with van der Waals surface area (Å²) in [6, 6.07) is 14.3. The van der Waals surface area contributed by atoms with Crippen molar-refractivity contribution in [3.8, 4) is 0 Å².